The van der Waals surface area contributed by atoms with Gasteiger partial charge in [0.2, 0.25) is 0 Å². The van der Waals surface area contributed by atoms with Crippen LogP contribution in [0.1, 0.15) is 69.2 Å². The first-order valence-electron chi connectivity index (χ1n) is 12.9. The molecule has 3 aliphatic carbocycles. The second kappa shape index (κ2) is 9.71. The molecule has 1 amide bonds. The maximum absolute atomic E-state index is 12.7. The zero-order chi connectivity index (χ0) is 25.4. The Bertz CT molecular complexity index is 1140. The molecule has 3 fully saturated rings. The molecule has 1 spiro atoms. The van der Waals surface area contributed by atoms with Crippen molar-refractivity contribution in [3.05, 3.63) is 23.5 Å². The molecule has 0 radical (unpaired) electrons. The van der Waals surface area contributed by atoms with Gasteiger partial charge in [0.15, 0.2) is 0 Å². The Morgan fingerprint density at radius 3 is 2.67 bits per heavy atom. The van der Waals surface area contributed by atoms with E-state index in [9.17, 15) is 14.7 Å². The average molecular weight is 498 g/mol. The number of carbonyl (C=O) groups excluding carboxylic acids is 1. The zero-order valence-electron chi connectivity index (χ0n) is 21.3. The normalized spacial score (nSPS) is 23.0. The second-order valence-corrected chi connectivity index (χ2v) is 10.8. The molecule has 10 heteroatoms. The van der Waals surface area contributed by atoms with Gasteiger partial charge in [-0.25, -0.2) is 14.5 Å². The molecule has 194 valence electrons. The number of ether oxygens (including phenoxy) is 2. The molecule has 0 unspecified atom stereocenters. The number of aliphatic carboxylic acids is 1. The molecule has 2 atom stereocenters. The van der Waals surface area contributed by atoms with Crippen molar-refractivity contribution < 1.29 is 24.2 Å². The highest BCUT2D eigenvalue weighted by Gasteiger charge is 2.50. The third-order valence-electron chi connectivity index (χ3n) is 8.41. The van der Waals surface area contributed by atoms with Gasteiger partial charge in [0, 0.05) is 20.1 Å². The molecule has 3 aliphatic rings. The third kappa shape index (κ3) is 4.77. The van der Waals surface area contributed by atoms with E-state index in [1.54, 1.807) is 16.6 Å². The summed E-state index contributed by atoms with van der Waals surface area (Å²) in [6.07, 6.45) is 8.45. The Morgan fingerprint density at radius 1 is 1.22 bits per heavy atom. The van der Waals surface area contributed by atoms with E-state index in [0.29, 0.717) is 46.8 Å². The van der Waals surface area contributed by atoms with Gasteiger partial charge < -0.3 is 19.5 Å². The Balaban J connectivity index is 1.21. The second-order valence-electron chi connectivity index (χ2n) is 10.8. The third-order valence-corrected chi connectivity index (χ3v) is 8.41. The van der Waals surface area contributed by atoms with Crippen molar-refractivity contribution in [3.8, 4) is 17.1 Å². The van der Waals surface area contributed by atoms with Crippen molar-refractivity contribution in [2.75, 3.05) is 7.05 Å². The maximum Gasteiger partial charge on any atom is 0.410 e. The van der Waals surface area contributed by atoms with E-state index in [1.807, 2.05) is 26.1 Å². The number of amides is 1. The Hall–Kier alpha value is -3.17. The van der Waals surface area contributed by atoms with Crippen LogP contribution in [0.15, 0.2) is 12.1 Å². The summed E-state index contributed by atoms with van der Waals surface area (Å²) in [4.78, 5) is 30.4. The number of nitrogens with zero attached hydrogens (tertiary/aromatic N) is 5. The monoisotopic (exact) mass is 497 g/mol. The Labute approximate surface area is 211 Å². The molecule has 2 heterocycles. The molecule has 0 aliphatic heterocycles. The highest BCUT2D eigenvalue weighted by molar-refractivity contribution is 5.70. The highest BCUT2D eigenvalue weighted by atomic mass is 16.6. The molecule has 0 aromatic carbocycles. The van der Waals surface area contributed by atoms with Crippen LogP contribution in [-0.4, -0.2) is 61.2 Å². The van der Waals surface area contributed by atoms with Gasteiger partial charge in [-0.1, -0.05) is 11.6 Å². The molecular formula is C26H35N5O5. The van der Waals surface area contributed by atoms with Crippen LogP contribution in [0.5, 0.6) is 5.75 Å². The number of carboxylic acids is 1. The van der Waals surface area contributed by atoms with Crippen LogP contribution in [-0.2, 0) is 23.2 Å². The number of hydrogen-bond donors (Lipinski definition) is 1. The fourth-order valence-corrected chi connectivity index (χ4v) is 5.88. The minimum absolute atomic E-state index is 0.0531. The maximum atomic E-state index is 12.7. The van der Waals surface area contributed by atoms with E-state index in [4.69, 9.17) is 9.47 Å². The van der Waals surface area contributed by atoms with Crippen molar-refractivity contribution in [1.29, 1.82) is 0 Å². The van der Waals surface area contributed by atoms with E-state index in [-0.39, 0.29) is 30.8 Å². The highest BCUT2D eigenvalue weighted by Crippen LogP contribution is 2.57. The smallest absolute Gasteiger partial charge is 0.410 e. The molecule has 36 heavy (non-hydrogen) atoms. The van der Waals surface area contributed by atoms with Gasteiger partial charge in [0.05, 0.1) is 23.4 Å². The standard InChI is InChI=1S/C26H35N5O5/c1-16-22(36-19-7-4-6-17(12-19)24(32)33)9-8-20(27-16)23-21(31(3)29-28-23)15-35-25(34)30(2)18-13-26(14-18)10-5-11-26/h8-9,17-19H,4-7,10-15H2,1-3H3,(H,32,33)/t17-,19+/m1/s1. The molecule has 1 N–H and O–H groups in total. The quantitative estimate of drug-likeness (QED) is 0.607. The van der Waals surface area contributed by atoms with E-state index < -0.39 is 5.97 Å². The fraction of sp³-hybridized carbons (Fsp3) is 0.654. The first kappa shape index (κ1) is 24.5. The molecule has 10 nitrogen and oxygen atoms in total. The van der Waals surface area contributed by atoms with Gasteiger partial charge in [-0.2, -0.15) is 0 Å². The van der Waals surface area contributed by atoms with Crippen molar-refractivity contribution >= 4 is 12.1 Å². The van der Waals surface area contributed by atoms with Crippen LogP contribution in [0, 0.1) is 18.3 Å². The van der Waals surface area contributed by atoms with Gasteiger partial charge in [0.25, 0.3) is 0 Å². The Morgan fingerprint density at radius 2 is 2.00 bits per heavy atom. The fourth-order valence-electron chi connectivity index (χ4n) is 5.88. The molecule has 3 saturated carbocycles. The number of carboxylic acid groups (broad SMARTS) is 1. The van der Waals surface area contributed by atoms with Crippen molar-refractivity contribution in [2.24, 2.45) is 18.4 Å². The van der Waals surface area contributed by atoms with E-state index in [1.165, 1.54) is 19.3 Å². The lowest BCUT2D eigenvalue weighted by Gasteiger charge is -2.56. The lowest BCUT2D eigenvalue weighted by molar-refractivity contribution is -0.143. The summed E-state index contributed by atoms with van der Waals surface area (Å²) in [5.74, 6) is -0.479. The van der Waals surface area contributed by atoms with Crippen LogP contribution < -0.4 is 4.74 Å². The lowest BCUT2D eigenvalue weighted by Crippen LogP contribution is -2.54. The van der Waals surface area contributed by atoms with Crippen molar-refractivity contribution in [1.82, 2.24) is 24.9 Å². The van der Waals surface area contributed by atoms with Crippen LogP contribution in [0.2, 0.25) is 0 Å². The Kier molecular flexibility index (Phi) is 6.61. The lowest BCUT2D eigenvalue weighted by atomic mass is 9.54. The van der Waals surface area contributed by atoms with Gasteiger partial charge >= 0.3 is 12.1 Å². The molecule has 2 aromatic rings. The predicted molar refractivity (Wildman–Crippen MR) is 130 cm³/mol. The van der Waals surface area contributed by atoms with Crippen LogP contribution in [0.3, 0.4) is 0 Å². The summed E-state index contributed by atoms with van der Waals surface area (Å²) < 4.78 is 13.4. The van der Waals surface area contributed by atoms with E-state index >= 15 is 0 Å². The number of aromatic nitrogens is 4. The van der Waals surface area contributed by atoms with Crippen LogP contribution in [0.4, 0.5) is 4.79 Å². The van der Waals surface area contributed by atoms with E-state index in [2.05, 4.69) is 15.3 Å². The minimum Gasteiger partial charge on any atom is -0.489 e. The van der Waals surface area contributed by atoms with Gasteiger partial charge in [-0.15, -0.1) is 5.10 Å². The summed E-state index contributed by atoms with van der Waals surface area (Å²) >= 11 is 0. The molecule has 5 rings (SSSR count). The number of pyridine rings is 1. The van der Waals surface area contributed by atoms with E-state index in [0.717, 1.165) is 25.7 Å². The van der Waals surface area contributed by atoms with Crippen molar-refractivity contribution in [3.63, 3.8) is 0 Å². The van der Waals surface area contributed by atoms with Gasteiger partial charge in [0.1, 0.15) is 23.7 Å². The number of carbonyl (C=O) groups is 2. The predicted octanol–water partition coefficient (Wildman–Crippen LogP) is 4.11. The van der Waals surface area contributed by atoms with Gasteiger partial charge in [-0.05, 0) is 75.8 Å². The van der Waals surface area contributed by atoms with Gasteiger partial charge in [-0.3, -0.25) is 4.79 Å². The first-order valence-corrected chi connectivity index (χ1v) is 12.9. The van der Waals surface area contributed by atoms with Crippen LogP contribution >= 0.6 is 0 Å². The van der Waals surface area contributed by atoms with Crippen LogP contribution in [0.25, 0.3) is 11.4 Å². The SMILES string of the molecule is Cc1nc(-c2nnn(C)c2COC(=O)N(C)C2CC3(CCC3)C2)ccc1O[C@H]1CCC[C@@H](C(=O)O)C1. The summed E-state index contributed by atoms with van der Waals surface area (Å²) in [6.45, 7) is 1.91. The number of hydrogen-bond acceptors (Lipinski definition) is 7. The summed E-state index contributed by atoms with van der Waals surface area (Å²) in [7, 11) is 3.58. The zero-order valence-corrected chi connectivity index (χ0v) is 21.3. The van der Waals surface area contributed by atoms with Crippen molar-refractivity contribution in [2.45, 2.75) is 83.5 Å². The summed E-state index contributed by atoms with van der Waals surface area (Å²) in [6, 6.07) is 3.91. The first-order chi connectivity index (χ1) is 17.2. The molecular weight excluding hydrogens is 462 g/mol. The number of aryl methyl sites for hydroxylation is 2. The topological polar surface area (TPSA) is 120 Å². The average Bonchev–Trinajstić information content (AvgIpc) is 3.17. The summed E-state index contributed by atoms with van der Waals surface area (Å²) in [5, 5.41) is 17.7. The molecule has 0 bridgehead atoms. The molecule has 0 saturated heterocycles. The summed E-state index contributed by atoms with van der Waals surface area (Å²) in [5.41, 5.74) is 3.02. The minimum atomic E-state index is -0.759. The number of rotatable bonds is 7. The molecule has 2 aromatic heterocycles. The largest absolute Gasteiger partial charge is 0.489 e.